The quantitative estimate of drug-likeness (QED) is 0.742. The summed E-state index contributed by atoms with van der Waals surface area (Å²) < 4.78 is 0. The summed E-state index contributed by atoms with van der Waals surface area (Å²) in [7, 11) is 0. The van der Waals surface area contributed by atoms with E-state index in [4.69, 9.17) is 0 Å². The minimum absolute atomic E-state index is 0.117. The number of rotatable bonds is 2. The zero-order valence-corrected chi connectivity index (χ0v) is 10.7. The van der Waals surface area contributed by atoms with E-state index >= 15 is 0 Å². The van der Waals surface area contributed by atoms with E-state index in [0.29, 0.717) is 6.04 Å². The zero-order chi connectivity index (χ0) is 11.5. The van der Waals surface area contributed by atoms with Gasteiger partial charge < -0.3 is 4.90 Å². The monoisotopic (exact) mass is 238 g/mol. The predicted molar refractivity (Wildman–Crippen MR) is 67.4 cm³/mol. The molecule has 16 heavy (non-hydrogen) atoms. The van der Waals surface area contributed by atoms with E-state index in [1.54, 1.807) is 13.1 Å². The molecule has 1 aliphatic rings. The maximum atomic E-state index is 11.2. The first-order chi connectivity index (χ1) is 7.68. The number of ketones is 1. The van der Waals surface area contributed by atoms with Crippen LogP contribution in [-0.4, -0.2) is 23.4 Å². The molecule has 1 aromatic rings. The number of Topliss-reactive ketones (excluding diaryl/α,β-unsaturated/α-hetero) is 1. The average molecular weight is 238 g/mol. The van der Waals surface area contributed by atoms with E-state index in [2.05, 4.69) is 16.8 Å². The summed E-state index contributed by atoms with van der Waals surface area (Å²) in [6.45, 7) is 4.93. The smallest absolute Gasteiger partial charge is 0.186 e. The molecule has 0 amide bonds. The average Bonchev–Trinajstić information content (AvgIpc) is 2.63. The van der Waals surface area contributed by atoms with Crippen molar-refractivity contribution >= 4 is 22.3 Å². The van der Waals surface area contributed by atoms with Gasteiger partial charge in [-0.1, -0.05) is 24.2 Å². The molecule has 1 unspecified atom stereocenters. The number of anilines is 1. The van der Waals surface area contributed by atoms with Gasteiger partial charge in [-0.25, -0.2) is 4.98 Å². The van der Waals surface area contributed by atoms with Crippen molar-refractivity contribution in [3.8, 4) is 0 Å². The van der Waals surface area contributed by atoms with Crippen molar-refractivity contribution in [1.82, 2.24) is 4.98 Å². The molecule has 0 aliphatic carbocycles. The predicted octanol–water partition coefficient (Wildman–Crippen LogP) is 3.11. The Labute approximate surface area is 100 Å². The normalized spacial score (nSPS) is 21.9. The van der Waals surface area contributed by atoms with Gasteiger partial charge in [0.15, 0.2) is 10.9 Å². The molecular weight excluding hydrogens is 220 g/mol. The first-order valence-corrected chi connectivity index (χ1v) is 6.73. The third kappa shape index (κ3) is 2.43. The molecule has 2 heterocycles. The van der Waals surface area contributed by atoms with Gasteiger partial charge in [0.25, 0.3) is 0 Å². The molecular formula is C12H18N2OS. The summed E-state index contributed by atoms with van der Waals surface area (Å²) in [6.07, 6.45) is 6.79. The van der Waals surface area contributed by atoms with E-state index in [0.717, 1.165) is 16.6 Å². The van der Waals surface area contributed by atoms with Gasteiger partial charge in [0.1, 0.15) is 0 Å². The van der Waals surface area contributed by atoms with Gasteiger partial charge in [-0.2, -0.15) is 0 Å². The second kappa shape index (κ2) is 4.95. The molecule has 1 saturated heterocycles. The van der Waals surface area contributed by atoms with E-state index in [-0.39, 0.29) is 5.78 Å². The van der Waals surface area contributed by atoms with Crippen LogP contribution < -0.4 is 4.90 Å². The third-order valence-corrected chi connectivity index (χ3v) is 4.27. The van der Waals surface area contributed by atoms with Gasteiger partial charge in [0, 0.05) is 19.5 Å². The number of hydrogen-bond acceptors (Lipinski definition) is 4. The van der Waals surface area contributed by atoms with E-state index in [1.807, 2.05) is 0 Å². The van der Waals surface area contributed by atoms with Gasteiger partial charge >= 0.3 is 0 Å². The highest BCUT2D eigenvalue weighted by Crippen LogP contribution is 2.28. The Balaban J connectivity index is 2.17. The Morgan fingerprint density at radius 1 is 1.50 bits per heavy atom. The molecule has 1 aliphatic heterocycles. The first kappa shape index (κ1) is 11.6. The van der Waals surface area contributed by atoms with E-state index < -0.39 is 0 Å². The van der Waals surface area contributed by atoms with Crippen molar-refractivity contribution in [1.29, 1.82) is 0 Å². The minimum Gasteiger partial charge on any atom is -0.345 e. The Morgan fingerprint density at radius 3 is 3.00 bits per heavy atom. The van der Waals surface area contributed by atoms with Crippen LogP contribution >= 0.6 is 11.3 Å². The zero-order valence-electron chi connectivity index (χ0n) is 9.90. The largest absolute Gasteiger partial charge is 0.345 e. The minimum atomic E-state index is 0.117. The van der Waals surface area contributed by atoms with Crippen LogP contribution in [0.5, 0.6) is 0 Å². The Morgan fingerprint density at radius 2 is 2.31 bits per heavy atom. The van der Waals surface area contributed by atoms with Crippen molar-refractivity contribution in [3.05, 3.63) is 11.1 Å². The van der Waals surface area contributed by atoms with Crippen molar-refractivity contribution < 1.29 is 4.79 Å². The number of carbonyl (C=O) groups excluding carboxylic acids is 1. The van der Waals surface area contributed by atoms with Gasteiger partial charge in [-0.15, -0.1) is 0 Å². The molecule has 1 fully saturated rings. The van der Waals surface area contributed by atoms with Crippen LogP contribution in [0, 0.1) is 0 Å². The van der Waals surface area contributed by atoms with Crippen LogP contribution in [0.15, 0.2) is 6.20 Å². The molecule has 1 atom stereocenters. The maximum absolute atomic E-state index is 11.2. The lowest BCUT2D eigenvalue weighted by Gasteiger charge is -2.26. The van der Waals surface area contributed by atoms with Crippen LogP contribution in [0.4, 0.5) is 5.13 Å². The van der Waals surface area contributed by atoms with Crippen molar-refractivity contribution in [2.24, 2.45) is 0 Å². The van der Waals surface area contributed by atoms with Crippen molar-refractivity contribution in [3.63, 3.8) is 0 Å². The van der Waals surface area contributed by atoms with Crippen molar-refractivity contribution in [2.45, 2.75) is 45.6 Å². The summed E-state index contributed by atoms with van der Waals surface area (Å²) in [5.41, 5.74) is 0. The second-order valence-corrected chi connectivity index (χ2v) is 5.46. The number of carbonyl (C=O) groups is 1. The summed E-state index contributed by atoms with van der Waals surface area (Å²) in [6, 6.07) is 0.549. The molecule has 1 aromatic heterocycles. The lowest BCUT2D eigenvalue weighted by molar-refractivity contribution is 0.102. The molecule has 0 bridgehead atoms. The Bertz CT molecular complexity index is 375. The molecule has 0 aromatic carbocycles. The summed E-state index contributed by atoms with van der Waals surface area (Å²) >= 11 is 1.53. The topological polar surface area (TPSA) is 33.2 Å². The van der Waals surface area contributed by atoms with Crippen LogP contribution in [0.3, 0.4) is 0 Å². The number of thiazole rings is 1. The van der Waals surface area contributed by atoms with Gasteiger partial charge in [0.05, 0.1) is 11.1 Å². The summed E-state index contributed by atoms with van der Waals surface area (Å²) in [5, 5.41) is 1.01. The van der Waals surface area contributed by atoms with Gasteiger partial charge in [0.2, 0.25) is 0 Å². The number of nitrogens with zero attached hydrogens (tertiary/aromatic N) is 2. The SMILES string of the molecule is CC(=O)c1cnc(N2CCCCCC2C)s1. The molecule has 4 heteroatoms. The van der Waals surface area contributed by atoms with Crippen LogP contribution in [-0.2, 0) is 0 Å². The molecule has 88 valence electrons. The fraction of sp³-hybridized carbons (Fsp3) is 0.667. The fourth-order valence-corrected chi connectivity index (χ4v) is 3.06. The highest BCUT2D eigenvalue weighted by Gasteiger charge is 2.20. The molecule has 0 spiro atoms. The van der Waals surface area contributed by atoms with Crippen LogP contribution in [0.2, 0.25) is 0 Å². The molecule has 0 saturated carbocycles. The van der Waals surface area contributed by atoms with E-state index in [1.165, 1.54) is 37.0 Å². The lowest BCUT2D eigenvalue weighted by atomic mass is 10.1. The fourth-order valence-electron chi connectivity index (χ4n) is 2.12. The highest BCUT2D eigenvalue weighted by molar-refractivity contribution is 7.17. The van der Waals surface area contributed by atoms with Crippen LogP contribution in [0.1, 0.15) is 49.2 Å². The maximum Gasteiger partial charge on any atom is 0.186 e. The summed E-state index contributed by atoms with van der Waals surface area (Å²) in [4.78, 5) is 18.7. The van der Waals surface area contributed by atoms with Crippen LogP contribution in [0.25, 0.3) is 0 Å². The number of hydrogen-bond donors (Lipinski definition) is 0. The van der Waals surface area contributed by atoms with Crippen molar-refractivity contribution in [2.75, 3.05) is 11.4 Å². The lowest BCUT2D eigenvalue weighted by Crippen LogP contribution is -2.32. The highest BCUT2D eigenvalue weighted by atomic mass is 32.1. The standard InChI is InChI=1S/C12H18N2OS/c1-9-6-4-3-5-7-14(9)12-13-8-11(16-12)10(2)15/h8-9H,3-7H2,1-2H3. The third-order valence-electron chi connectivity index (χ3n) is 3.14. The number of aromatic nitrogens is 1. The molecule has 3 nitrogen and oxygen atoms in total. The van der Waals surface area contributed by atoms with E-state index in [9.17, 15) is 4.79 Å². The summed E-state index contributed by atoms with van der Waals surface area (Å²) in [5.74, 6) is 0.117. The molecule has 0 N–H and O–H groups in total. The Kier molecular flexibility index (Phi) is 3.59. The second-order valence-electron chi connectivity index (χ2n) is 4.46. The first-order valence-electron chi connectivity index (χ1n) is 5.92. The van der Waals surface area contributed by atoms with Gasteiger partial charge in [-0.05, 0) is 19.8 Å². The Hall–Kier alpha value is -0.900. The molecule has 2 rings (SSSR count). The van der Waals surface area contributed by atoms with Gasteiger partial charge in [-0.3, -0.25) is 4.79 Å². The molecule has 0 radical (unpaired) electrons.